The minimum Gasteiger partial charge on any atom is -0.266 e. The van der Waals surface area contributed by atoms with Crippen LogP contribution in [0.2, 0.25) is 0 Å². The Balaban J connectivity index is 2.35. The monoisotopic (exact) mass is 371 g/mol. The van der Waals surface area contributed by atoms with E-state index in [1.54, 1.807) is 0 Å². The van der Waals surface area contributed by atoms with Crippen molar-refractivity contribution in [1.82, 2.24) is 14.3 Å². The number of benzene rings is 2. The molecule has 1 aromatic heterocycles. The highest BCUT2D eigenvalue weighted by Crippen LogP contribution is 2.24. The lowest BCUT2D eigenvalue weighted by molar-refractivity contribution is 0.525. The van der Waals surface area contributed by atoms with E-state index in [4.69, 9.17) is 0 Å². The SMILES string of the molecule is Cn1nc(Br)c(=O)n(C(c2ccccc2)c2ccccc2)c1=O. The highest BCUT2D eigenvalue weighted by Gasteiger charge is 2.22. The van der Waals surface area contributed by atoms with Crippen molar-refractivity contribution >= 4 is 15.9 Å². The molecule has 0 aliphatic rings. The van der Waals surface area contributed by atoms with E-state index in [0.717, 1.165) is 15.8 Å². The van der Waals surface area contributed by atoms with Crippen LogP contribution in [0.25, 0.3) is 0 Å². The molecular formula is C17H14BrN3O2. The summed E-state index contributed by atoms with van der Waals surface area (Å²) in [5.41, 5.74) is 0.800. The quantitative estimate of drug-likeness (QED) is 0.709. The second-order valence-corrected chi connectivity index (χ2v) is 5.85. The van der Waals surface area contributed by atoms with Crippen LogP contribution >= 0.6 is 15.9 Å². The molecule has 0 bridgehead atoms. The smallest absolute Gasteiger partial charge is 0.266 e. The van der Waals surface area contributed by atoms with Crippen LogP contribution in [-0.2, 0) is 7.05 Å². The summed E-state index contributed by atoms with van der Waals surface area (Å²) in [6.45, 7) is 0. The van der Waals surface area contributed by atoms with Gasteiger partial charge >= 0.3 is 5.69 Å². The Kier molecular flexibility index (Phi) is 4.25. The Bertz CT molecular complexity index is 860. The predicted molar refractivity (Wildman–Crippen MR) is 91.6 cm³/mol. The molecule has 5 nitrogen and oxygen atoms in total. The minimum absolute atomic E-state index is 0.108. The summed E-state index contributed by atoms with van der Waals surface area (Å²) in [6.07, 6.45) is 0. The van der Waals surface area contributed by atoms with Crippen LogP contribution in [-0.4, -0.2) is 14.3 Å². The summed E-state index contributed by atoms with van der Waals surface area (Å²) in [4.78, 5) is 25.1. The van der Waals surface area contributed by atoms with Crippen molar-refractivity contribution < 1.29 is 0 Å². The van der Waals surface area contributed by atoms with Crippen molar-refractivity contribution in [3.05, 3.63) is 97.2 Å². The van der Waals surface area contributed by atoms with E-state index >= 15 is 0 Å². The zero-order valence-corrected chi connectivity index (χ0v) is 14.0. The van der Waals surface area contributed by atoms with Gasteiger partial charge in [0.15, 0.2) is 4.60 Å². The molecule has 0 spiro atoms. The number of hydrogen-bond acceptors (Lipinski definition) is 3. The number of halogens is 1. The molecule has 2 aromatic carbocycles. The Hall–Kier alpha value is -2.47. The molecule has 0 unspecified atom stereocenters. The normalized spacial score (nSPS) is 10.9. The van der Waals surface area contributed by atoms with E-state index in [9.17, 15) is 9.59 Å². The molecule has 116 valence electrons. The van der Waals surface area contributed by atoms with Crippen molar-refractivity contribution in [2.75, 3.05) is 0 Å². The standard InChI is InChI=1S/C17H14BrN3O2/c1-20-17(23)21(16(22)15(18)19-20)14(12-8-4-2-5-9-12)13-10-6-3-7-11-13/h2-11,14H,1H3. The van der Waals surface area contributed by atoms with Crippen molar-refractivity contribution in [2.24, 2.45) is 7.05 Å². The highest BCUT2D eigenvalue weighted by atomic mass is 79.9. The second kappa shape index (κ2) is 6.34. The summed E-state index contributed by atoms with van der Waals surface area (Å²) < 4.78 is 2.49. The molecule has 3 aromatic rings. The fraction of sp³-hybridized carbons (Fsp3) is 0.118. The number of aryl methyl sites for hydroxylation is 1. The van der Waals surface area contributed by atoms with Gasteiger partial charge in [-0.1, -0.05) is 60.7 Å². The molecule has 0 saturated heterocycles. The van der Waals surface area contributed by atoms with E-state index in [1.165, 1.54) is 11.6 Å². The van der Waals surface area contributed by atoms with Gasteiger partial charge in [-0.3, -0.25) is 4.79 Å². The molecule has 0 saturated carbocycles. The van der Waals surface area contributed by atoms with Crippen LogP contribution in [0.3, 0.4) is 0 Å². The Morgan fingerprint density at radius 2 is 1.39 bits per heavy atom. The maximum absolute atomic E-state index is 12.6. The molecule has 6 heteroatoms. The van der Waals surface area contributed by atoms with E-state index < -0.39 is 17.3 Å². The van der Waals surface area contributed by atoms with Gasteiger partial charge in [0.2, 0.25) is 0 Å². The number of hydrogen-bond donors (Lipinski definition) is 0. The molecule has 0 aliphatic carbocycles. The average Bonchev–Trinajstić information content (AvgIpc) is 2.58. The first-order chi connectivity index (χ1) is 11.1. The average molecular weight is 372 g/mol. The highest BCUT2D eigenvalue weighted by molar-refractivity contribution is 9.10. The van der Waals surface area contributed by atoms with Gasteiger partial charge in [-0.15, -0.1) is 0 Å². The lowest BCUT2D eigenvalue weighted by Gasteiger charge is -2.20. The third-order valence-corrected chi connectivity index (χ3v) is 4.10. The van der Waals surface area contributed by atoms with Gasteiger partial charge in [0.05, 0.1) is 6.04 Å². The van der Waals surface area contributed by atoms with Crippen LogP contribution < -0.4 is 11.2 Å². The number of nitrogens with zero attached hydrogens (tertiary/aromatic N) is 3. The van der Waals surface area contributed by atoms with Gasteiger partial charge in [-0.05, 0) is 27.1 Å². The first-order valence-corrected chi connectivity index (χ1v) is 7.84. The molecule has 0 N–H and O–H groups in total. The molecule has 1 heterocycles. The summed E-state index contributed by atoms with van der Waals surface area (Å²) in [5, 5.41) is 3.89. The lowest BCUT2D eigenvalue weighted by atomic mass is 9.98. The maximum Gasteiger partial charge on any atom is 0.348 e. The molecule has 0 aliphatic heterocycles. The molecule has 0 fully saturated rings. The summed E-state index contributed by atoms with van der Waals surface area (Å²) in [6, 6.07) is 18.4. The van der Waals surface area contributed by atoms with Gasteiger partial charge in [0.1, 0.15) is 0 Å². The molecule has 0 atom stereocenters. The maximum atomic E-state index is 12.6. The topological polar surface area (TPSA) is 56.9 Å². The summed E-state index contributed by atoms with van der Waals surface area (Å²) >= 11 is 3.14. The zero-order valence-electron chi connectivity index (χ0n) is 12.4. The van der Waals surface area contributed by atoms with Crippen molar-refractivity contribution in [3.63, 3.8) is 0 Å². The Morgan fingerprint density at radius 1 is 0.913 bits per heavy atom. The fourth-order valence-corrected chi connectivity index (χ4v) is 2.98. The Morgan fingerprint density at radius 3 is 1.87 bits per heavy atom. The predicted octanol–water partition coefficient (Wildman–Crippen LogP) is 2.34. The second-order valence-electron chi connectivity index (χ2n) is 5.10. The molecule has 23 heavy (non-hydrogen) atoms. The van der Waals surface area contributed by atoms with Gasteiger partial charge in [0, 0.05) is 7.05 Å². The molecular weight excluding hydrogens is 358 g/mol. The first kappa shape index (κ1) is 15.4. The Labute approximate surface area is 141 Å². The molecule has 3 rings (SSSR count). The third kappa shape index (κ3) is 2.90. The van der Waals surface area contributed by atoms with E-state index in [-0.39, 0.29) is 4.60 Å². The van der Waals surface area contributed by atoms with Gasteiger partial charge in [-0.25, -0.2) is 14.0 Å². The fourth-order valence-electron chi connectivity index (χ4n) is 2.55. The van der Waals surface area contributed by atoms with E-state index in [2.05, 4.69) is 21.0 Å². The van der Waals surface area contributed by atoms with Crippen molar-refractivity contribution in [2.45, 2.75) is 6.04 Å². The molecule has 0 radical (unpaired) electrons. The van der Waals surface area contributed by atoms with Gasteiger partial charge in [-0.2, -0.15) is 5.10 Å². The van der Waals surface area contributed by atoms with Gasteiger partial charge in [0.25, 0.3) is 5.56 Å². The number of rotatable bonds is 3. The summed E-state index contributed by atoms with van der Waals surface area (Å²) in [5.74, 6) is 0. The van der Waals surface area contributed by atoms with Crippen LogP contribution in [0, 0.1) is 0 Å². The van der Waals surface area contributed by atoms with E-state index in [0.29, 0.717) is 0 Å². The minimum atomic E-state index is -0.511. The first-order valence-electron chi connectivity index (χ1n) is 7.05. The summed E-state index contributed by atoms with van der Waals surface area (Å²) in [7, 11) is 1.52. The van der Waals surface area contributed by atoms with Crippen LogP contribution in [0.4, 0.5) is 0 Å². The third-order valence-electron chi connectivity index (χ3n) is 3.60. The van der Waals surface area contributed by atoms with E-state index in [1.807, 2.05) is 60.7 Å². The lowest BCUT2D eigenvalue weighted by Crippen LogP contribution is -2.43. The number of aromatic nitrogens is 3. The molecule has 0 amide bonds. The zero-order chi connectivity index (χ0) is 16.4. The van der Waals surface area contributed by atoms with Crippen LogP contribution in [0.5, 0.6) is 0 Å². The van der Waals surface area contributed by atoms with Gasteiger partial charge < -0.3 is 0 Å². The van der Waals surface area contributed by atoms with Crippen molar-refractivity contribution in [3.8, 4) is 0 Å². The van der Waals surface area contributed by atoms with Crippen LogP contribution in [0.15, 0.2) is 74.9 Å². The van der Waals surface area contributed by atoms with Crippen LogP contribution in [0.1, 0.15) is 17.2 Å². The van der Waals surface area contributed by atoms with Crippen molar-refractivity contribution in [1.29, 1.82) is 0 Å². The largest absolute Gasteiger partial charge is 0.348 e.